The molecule has 1 aliphatic rings. The molecule has 1 N–H and O–H groups in total. The monoisotopic (exact) mass is 364 g/mol. The lowest BCUT2D eigenvalue weighted by atomic mass is 9.89. The Morgan fingerprint density at radius 1 is 1.27 bits per heavy atom. The average Bonchev–Trinajstić information content (AvgIpc) is 2.65. The SMILES string of the molecule is COCCN1C(=O)CCC(C(=O)NCc2ccc(OC)cc2OC)C1C. The molecule has 0 spiro atoms. The number of carbonyl (C=O) groups excluding carboxylic acids is 2. The molecule has 0 aliphatic carbocycles. The van der Waals surface area contributed by atoms with Gasteiger partial charge in [-0.15, -0.1) is 0 Å². The van der Waals surface area contributed by atoms with Gasteiger partial charge in [0.2, 0.25) is 11.8 Å². The van der Waals surface area contributed by atoms with E-state index in [1.54, 1.807) is 32.3 Å². The van der Waals surface area contributed by atoms with E-state index in [2.05, 4.69) is 5.32 Å². The van der Waals surface area contributed by atoms with Gasteiger partial charge in [0, 0.05) is 44.3 Å². The minimum atomic E-state index is -0.228. The number of piperidine rings is 1. The van der Waals surface area contributed by atoms with E-state index in [0.29, 0.717) is 44.0 Å². The fourth-order valence-corrected chi connectivity index (χ4v) is 3.29. The lowest BCUT2D eigenvalue weighted by Gasteiger charge is -2.38. The molecule has 2 unspecified atom stereocenters. The molecule has 1 aliphatic heterocycles. The van der Waals surface area contributed by atoms with Crippen LogP contribution in [-0.2, 0) is 20.9 Å². The maximum atomic E-state index is 12.7. The molecule has 0 saturated carbocycles. The summed E-state index contributed by atoms with van der Waals surface area (Å²) < 4.78 is 15.6. The maximum absolute atomic E-state index is 12.7. The molecule has 26 heavy (non-hydrogen) atoms. The molecular formula is C19H28N2O5. The predicted molar refractivity (Wildman–Crippen MR) is 97.2 cm³/mol. The smallest absolute Gasteiger partial charge is 0.225 e. The van der Waals surface area contributed by atoms with Crippen LogP contribution in [0, 0.1) is 5.92 Å². The van der Waals surface area contributed by atoms with E-state index in [1.165, 1.54) is 0 Å². The van der Waals surface area contributed by atoms with Gasteiger partial charge in [-0.2, -0.15) is 0 Å². The van der Waals surface area contributed by atoms with Crippen molar-refractivity contribution in [2.75, 3.05) is 34.5 Å². The number of carbonyl (C=O) groups is 2. The van der Waals surface area contributed by atoms with Crippen molar-refractivity contribution in [1.29, 1.82) is 0 Å². The summed E-state index contributed by atoms with van der Waals surface area (Å²) in [5.74, 6) is 1.16. The summed E-state index contributed by atoms with van der Waals surface area (Å²) in [6.07, 6.45) is 0.951. The molecule has 1 fully saturated rings. The molecule has 1 aromatic rings. The summed E-state index contributed by atoms with van der Waals surface area (Å²) in [6, 6.07) is 5.34. The molecule has 1 aromatic carbocycles. The van der Waals surface area contributed by atoms with Crippen molar-refractivity contribution in [3.8, 4) is 11.5 Å². The first-order valence-electron chi connectivity index (χ1n) is 8.78. The van der Waals surface area contributed by atoms with Crippen LogP contribution in [0.1, 0.15) is 25.3 Å². The Balaban J connectivity index is 2.00. The van der Waals surface area contributed by atoms with Crippen molar-refractivity contribution in [3.05, 3.63) is 23.8 Å². The van der Waals surface area contributed by atoms with Crippen LogP contribution in [0.2, 0.25) is 0 Å². The predicted octanol–water partition coefficient (Wildman–Crippen LogP) is 1.59. The lowest BCUT2D eigenvalue weighted by Crippen LogP contribution is -2.52. The summed E-state index contributed by atoms with van der Waals surface area (Å²) in [7, 11) is 4.78. The number of ether oxygens (including phenoxy) is 3. The number of benzene rings is 1. The second-order valence-corrected chi connectivity index (χ2v) is 6.36. The van der Waals surface area contributed by atoms with Crippen molar-refractivity contribution in [2.24, 2.45) is 5.92 Å². The second-order valence-electron chi connectivity index (χ2n) is 6.36. The molecule has 0 radical (unpaired) electrons. The molecule has 144 valence electrons. The van der Waals surface area contributed by atoms with Gasteiger partial charge in [0.15, 0.2) is 0 Å². The largest absolute Gasteiger partial charge is 0.497 e. The highest BCUT2D eigenvalue weighted by molar-refractivity contribution is 5.84. The maximum Gasteiger partial charge on any atom is 0.225 e. The third-order valence-electron chi connectivity index (χ3n) is 4.88. The number of hydrogen-bond acceptors (Lipinski definition) is 5. The molecule has 1 heterocycles. The minimum Gasteiger partial charge on any atom is -0.497 e. The molecule has 2 amide bonds. The third-order valence-corrected chi connectivity index (χ3v) is 4.88. The first kappa shape index (κ1) is 20.0. The number of hydrogen-bond donors (Lipinski definition) is 1. The van der Waals surface area contributed by atoms with Crippen molar-refractivity contribution in [1.82, 2.24) is 10.2 Å². The van der Waals surface area contributed by atoms with Crippen LogP contribution in [0.3, 0.4) is 0 Å². The van der Waals surface area contributed by atoms with Crippen molar-refractivity contribution in [3.63, 3.8) is 0 Å². The molecule has 0 aromatic heterocycles. The van der Waals surface area contributed by atoms with Crippen molar-refractivity contribution < 1.29 is 23.8 Å². The van der Waals surface area contributed by atoms with Crippen LogP contribution >= 0.6 is 0 Å². The molecule has 0 bridgehead atoms. The van der Waals surface area contributed by atoms with E-state index in [4.69, 9.17) is 14.2 Å². The number of rotatable bonds is 8. The van der Waals surface area contributed by atoms with Gasteiger partial charge in [0.05, 0.1) is 26.7 Å². The Morgan fingerprint density at radius 3 is 2.69 bits per heavy atom. The van der Waals surface area contributed by atoms with Gasteiger partial charge in [-0.05, 0) is 25.5 Å². The first-order valence-corrected chi connectivity index (χ1v) is 8.78. The van der Waals surface area contributed by atoms with E-state index < -0.39 is 0 Å². The number of methoxy groups -OCH3 is 3. The van der Waals surface area contributed by atoms with Crippen LogP contribution < -0.4 is 14.8 Å². The molecule has 2 rings (SSSR count). The van der Waals surface area contributed by atoms with E-state index in [0.717, 1.165) is 5.56 Å². The number of nitrogens with zero attached hydrogens (tertiary/aromatic N) is 1. The topological polar surface area (TPSA) is 77.1 Å². The zero-order valence-electron chi connectivity index (χ0n) is 15.9. The number of amides is 2. The Morgan fingerprint density at radius 2 is 2.04 bits per heavy atom. The van der Waals surface area contributed by atoms with Gasteiger partial charge in [-0.25, -0.2) is 0 Å². The fourth-order valence-electron chi connectivity index (χ4n) is 3.29. The fraction of sp³-hybridized carbons (Fsp3) is 0.579. The number of nitrogens with one attached hydrogen (secondary N) is 1. The first-order chi connectivity index (χ1) is 12.5. The summed E-state index contributed by atoms with van der Waals surface area (Å²) in [4.78, 5) is 26.5. The minimum absolute atomic E-state index is 0.0507. The quantitative estimate of drug-likeness (QED) is 0.758. The summed E-state index contributed by atoms with van der Waals surface area (Å²) >= 11 is 0. The highest BCUT2D eigenvalue weighted by Crippen LogP contribution is 2.26. The Bertz CT molecular complexity index is 634. The highest BCUT2D eigenvalue weighted by Gasteiger charge is 2.36. The van der Waals surface area contributed by atoms with Crippen LogP contribution in [0.5, 0.6) is 11.5 Å². The van der Waals surface area contributed by atoms with Crippen LogP contribution in [0.4, 0.5) is 0 Å². The van der Waals surface area contributed by atoms with E-state index in [1.807, 2.05) is 19.1 Å². The Labute approximate surface area is 154 Å². The average molecular weight is 364 g/mol. The van der Waals surface area contributed by atoms with Crippen molar-refractivity contribution in [2.45, 2.75) is 32.4 Å². The second kappa shape index (κ2) is 9.43. The molecule has 1 saturated heterocycles. The Hall–Kier alpha value is -2.28. The molecular weight excluding hydrogens is 336 g/mol. The normalized spacial score (nSPS) is 20.0. The van der Waals surface area contributed by atoms with Gasteiger partial charge >= 0.3 is 0 Å². The van der Waals surface area contributed by atoms with Gasteiger partial charge in [0.25, 0.3) is 0 Å². The van der Waals surface area contributed by atoms with Crippen molar-refractivity contribution >= 4 is 11.8 Å². The Kier molecular flexibility index (Phi) is 7.26. The molecule has 7 nitrogen and oxygen atoms in total. The standard InChI is InChI=1S/C19H28N2O5/c1-13-16(7-8-18(22)21(13)9-10-24-2)19(23)20-12-14-5-6-15(25-3)11-17(14)26-4/h5-6,11,13,16H,7-10,12H2,1-4H3,(H,20,23). The van der Waals surface area contributed by atoms with E-state index in [9.17, 15) is 9.59 Å². The highest BCUT2D eigenvalue weighted by atomic mass is 16.5. The lowest BCUT2D eigenvalue weighted by molar-refractivity contribution is -0.143. The zero-order chi connectivity index (χ0) is 19.1. The third kappa shape index (κ3) is 4.66. The summed E-state index contributed by atoms with van der Waals surface area (Å²) in [5, 5.41) is 2.97. The molecule has 7 heteroatoms. The summed E-state index contributed by atoms with van der Waals surface area (Å²) in [5.41, 5.74) is 0.873. The van der Waals surface area contributed by atoms with Gasteiger partial charge < -0.3 is 24.4 Å². The van der Waals surface area contributed by atoms with Gasteiger partial charge in [-0.3, -0.25) is 9.59 Å². The van der Waals surface area contributed by atoms with Gasteiger partial charge in [0.1, 0.15) is 11.5 Å². The van der Waals surface area contributed by atoms with Crippen LogP contribution in [0.25, 0.3) is 0 Å². The van der Waals surface area contributed by atoms with Crippen LogP contribution in [0.15, 0.2) is 18.2 Å². The van der Waals surface area contributed by atoms with Gasteiger partial charge in [-0.1, -0.05) is 0 Å². The molecule has 2 atom stereocenters. The van der Waals surface area contributed by atoms with E-state index >= 15 is 0 Å². The zero-order valence-corrected chi connectivity index (χ0v) is 15.9. The number of likely N-dealkylation sites (tertiary alicyclic amines) is 1. The summed E-state index contributed by atoms with van der Waals surface area (Å²) in [6.45, 7) is 3.26. The van der Waals surface area contributed by atoms with E-state index in [-0.39, 0.29) is 23.8 Å². The van der Waals surface area contributed by atoms with Crippen LogP contribution in [-0.4, -0.2) is 57.2 Å².